The molecule has 0 aliphatic carbocycles. The molecular formula is C22H24O2Si. The lowest BCUT2D eigenvalue weighted by Gasteiger charge is -2.43. The van der Waals surface area contributed by atoms with E-state index in [2.05, 4.69) is 81.4 Å². The van der Waals surface area contributed by atoms with Crippen LogP contribution in [-0.2, 0) is 6.04 Å². The molecule has 0 amide bonds. The summed E-state index contributed by atoms with van der Waals surface area (Å²) in [5.41, 5.74) is 0. The van der Waals surface area contributed by atoms with Crippen molar-refractivity contribution in [3.63, 3.8) is 0 Å². The van der Waals surface area contributed by atoms with E-state index < -0.39 is 8.07 Å². The normalized spacial score (nSPS) is 12.1. The fraction of sp³-hybridized carbons (Fsp3) is 0.227. The van der Waals surface area contributed by atoms with Crippen molar-refractivity contribution in [2.45, 2.75) is 31.9 Å². The van der Waals surface area contributed by atoms with E-state index in [1.807, 2.05) is 6.07 Å². The van der Waals surface area contributed by atoms with Crippen molar-refractivity contribution in [1.82, 2.24) is 0 Å². The van der Waals surface area contributed by atoms with E-state index in [0.717, 1.165) is 18.1 Å². The minimum Gasteiger partial charge on any atom is -0.459 e. The van der Waals surface area contributed by atoms with Crippen molar-refractivity contribution in [2.75, 3.05) is 0 Å². The molecule has 0 fully saturated rings. The number of carbonyl (C=O) groups is 1. The molecule has 2 aromatic carbocycles. The van der Waals surface area contributed by atoms with Crippen molar-refractivity contribution < 1.29 is 9.21 Å². The maximum Gasteiger partial charge on any atom is 0.185 e. The minimum absolute atomic E-state index is 0.0733. The van der Waals surface area contributed by atoms with Gasteiger partial charge in [0.25, 0.3) is 0 Å². The Morgan fingerprint density at radius 3 is 1.76 bits per heavy atom. The molecule has 2 nitrogen and oxygen atoms in total. The van der Waals surface area contributed by atoms with Gasteiger partial charge in [0, 0.05) is 6.04 Å². The van der Waals surface area contributed by atoms with Gasteiger partial charge in [-0.25, -0.2) is 0 Å². The number of hydrogen-bond acceptors (Lipinski definition) is 2. The SMILES string of the molecule is CC(C)(C)[Si](Cc1ccc(C=O)o1)(c1ccccc1)c1ccccc1. The summed E-state index contributed by atoms with van der Waals surface area (Å²) < 4.78 is 5.79. The Hall–Kier alpha value is -2.39. The molecule has 0 N–H and O–H groups in total. The van der Waals surface area contributed by atoms with Gasteiger partial charge in [0.15, 0.2) is 12.0 Å². The maximum absolute atomic E-state index is 11.0. The lowest BCUT2D eigenvalue weighted by atomic mass is 10.2. The van der Waals surface area contributed by atoms with Gasteiger partial charge in [-0.05, 0) is 17.2 Å². The van der Waals surface area contributed by atoms with Crippen LogP contribution in [0.5, 0.6) is 0 Å². The van der Waals surface area contributed by atoms with Crippen LogP contribution in [0.25, 0.3) is 0 Å². The molecule has 3 heteroatoms. The summed E-state index contributed by atoms with van der Waals surface area (Å²) in [6.45, 7) is 6.97. The van der Waals surface area contributed by atoms with E-state index in [9.17, 15) is 4.79 Å². The molecule has 0 aliphatic rings. The van der Waals surface area contributed by atoms with E-state index >= 15 is 0 Å². The Labute approximate surface area is 150 Å². The maximum atomic E-state index is 11.0. The van der Waals surface area contributed by atoms with Crippen LogP contribution in [0.2, 0.25) is 5.04 Å². The molecule has 25 heavy (non-hydrogen) atoms. The van der Waals surface area contributed by atoms with Gasteiger partial charge in [0.05, 0.1) is 0 Å². The third kappa shape index (κ3) is 3.24. The van der Waals surface area contributed by atoms with Gasteiger partial charge in [-0.3, -0.25) is 4.79 Å². The Morgan fingerprint density at radius 1 is 0.840 bits per heavy atom. The number of hydrogen-bond donors (Lipinski definition) is 0. The standard InChI is InChI=1S/C22H24O2Si/c1-22(2,3)25(20-10-6-4-7-11-20,21-12-8-5-9-13-21)17-19-15-14-18(16-23)24-19/h4-16H,17H2,1-3H3. The first-order valence-electron chi connectivity index (χ1n) is 8.62. The molecule has 0 unspecified atom stereocenters. The summed E-state index contributed by atoms with van der Waals surface area (Å²) in [5, 5.41) is 2.85. The van der Waals surface area contributed by atoms with Gasteiger partial charge in [-0.1, -0.05) is 91.8 Å². The van der Waals surface area contributed by atoms with Crippen molar-refractivity contribution in [2.24, 2.45) is 0 Å². The highest BCUT2D eigenvalue weighted by atomic mass is 28.3. The van der Waals surface area contributed by atoms with E-state index in [1.165, 1.54) is 10.4 Å². The van der Waals surface area contributed by atoms with Crippen LogP contribution in [0.1, 0.15) is 37.1 Å². The first-order valence-corrected chi connectivity index (χ1v) is 10.8. The van der Waals surface area contributed by atoms with Crippen LogP contribution in [0.4, 0.5) is 0 Å². The van der Waals surface area contributed by atoms with Crippen LogP contribution in [-0.4, -0.2) is 14.4 Å². The summed E-state index contributed by atoms with van der Waals surface area (Å²) in [6, 6.07) is 26.1. The Kier molecular flexibility index (Phi) is 4.77. The Bertz CT molecular complexity index is 790. The quantitative estimate of drug-likeness (QED) is 0.510. The molecule has 0 aliphatic heterocycles. The van der Waals surface area contributed by atoms with Crippen LogP contribution in [0.15, 0.2) is 77.2 Å². The fourth-order valence-corrected chi connectivity index (χ4v) is 9.00. The molecule has 3 rings (SSSR count). The highest BCUT2D eigenvalue weighted by Gasteiger charge is 2.48. The van der Waals surface area contributed by atoms with Gasteiger partial charge in [0.1, 0.15) is 13.8 Å². The van der Waals surface area contributed by atoms with Crippen molar-refractivity contribution in [3.8, 4) is 0 Å². The lowest BCUT2D eigenvalue weighted by molar-refractivity contribution is 0.109. The monoisotopic (exact) mass is 348 g/mol. The molecule has 0 saturated heterocycles. The number of furan rings is 1. The molecule has 1 aromatic heterocycles. The first kappa shape index (κ1) is 17.4. The van der Waals surface area contributed by atoms with Crippen LogP contribution in [0.3, 0.4) is 0 Å². The minimum atomic E-state index is -2.20. The van der Waals surface area contributed by atoms with Crippen molar-refractivity contribution in [1.29, 1.82) is 0 Å². The average molecular weight is 349 g/mol. The van der Waals surface area contributed by atoms with Gasteiger partial charge in [-0.15, -0.1) is 0 Å². The van der Waals surface area contributed by atoms with E-state index in [0.29, 0.717) is 5.76 Å². The molecule has 0 spiro atoms. The van der Waals surface area contributed by atoms with Crippen molar-refractivity contribution in [3.05, 3.63) is 84.3 Å². The molecule has 0 radical (unpaired) electrons. The summed E-state index contributed by atoms with van der Waals surface area (Å²) in [4.78, 5) is 11.0. The molecule has 128 valence electrons. The second-order valence-corrected chi connectivity index (χ2v) is 12.3. The van der Waals surface area contributed by atoms with Crippen LogP contribution >= 0.6 is 0 Å². The molecule has 0 bridgehead atoms. The zero-order chi connectivity index (χ0) is 17.9. The molecule has 0 saturated carbocycles. The summed E-state index contributed by atoms with van der Waals surface area (Å²) in [5.74, 6) is 1.28. The number of rotatable bonds is 5. The molecule has 0 atom stereocenters. The summed E-state index contributed by atoms with van der Waals surface area (Å²) in [7, 11) is -2.20. The second kappa shape index (κ2) is 6.85. The van der Waals surface area contributed by atoms with Gasteiger partial charge in [-0.2, -0.15) is 0 Å². The van der Waals surface area contributed by atoms with Gasteiger partial charge >= 0.3 is 0 Å². The van der Waals surface area contributed by atoms with Crippen molar-refractivity contribution >= 4 is 24.7 Å². The first-order chi connectivity index (χ1) is 12.0. The lowest BCUT2D eigenvalue weighted by Crippen LogP contribution is -2.66. The smallest absolute Gasteiger partial charge is 0.185 e. The number of benzene rings is 2. The zero-order valence-corrected chi connectivity index (χ0v) is 16.0. The molecular weight excluding hydrogens is 324 g/mol. The Balaban J connectivity index is 2.23. The fourth-order valence-electron chi connectivity index (χ4n) is 3.76. The van der Waals surface area contributed by atoms with Crippen LogP contribution in [0, 0.1) is 0 Å². The number of carbonyl (C=O) groups excluding carboxylic acids is 1. The van der Waals surface area contributed by atoms with Gasteiger partial charge in [0.2, 0.25) is 0 Å². The molecule has 1 heterocycles. The topological polar surface area (TPSA) is 30.2 Å². The van der Waals surface area contributed by atoms with E-state index in [1.54, 1.807) is 6.07 Å². The Morgan fingerprint density at radius 2 is 1.36 bits per heavy atom. The van der Waals surface area contributed by atoms with E-state index in [4.69, 9.17) is 4.42 Å². The summed E-state index contributed by atoms with van der Waals surface area (Å²) in [6.07, 6.45) is 0.773. The average Bonchev–Trinajstić information content (AvgIpc) is 3.08. The van der Waals surface area contributed by atoms with Crippen LogP contribution < -0.4 is 10.4 Å². The third-order valence-electron chi connectivity index (χ3n) is 5.05. The van der Waals surface area contributed by atoms with E-state index in [-0.39, 0.29) is 5.04 Å². The second-order valence-electron chi connectivity index (χ2n) is 7.49. The van der Waals surface area contributed by atoms with Gasteiger partial charge < -0.3 is 4.42 Å². The summed E-state index contributed by atoms with van der Waals surface area (Å²) >= 11 is 0. The predicted octanol–water partition coefficient (Wildman–Crippen LogP) is 4.24. The largest absolute Gasteiger partial charge is 0.459 e. The third-order valence-corrected chi connectivity index (χ3v) is 11.1. The zero-order valence-electron chi connectivity index (χ0n) is 15.0. The molecule has 3 aromatic rings. The number of aldehydes is 1. The highest BCUT2D eigenvalue weighted by molar-refractivity contribution is 7.03. The predicted molar refractivity (Wildman–Crippen MR) is 105 cm³/mol. The highest BCUT2D eigenvalue weighted by Crippen LogP contribution is 2.38.